The van der Waals surface area contributed by atoms with E-state index in [2.05, 4.69) is 4.74 Å². The van der Waals surface area contributed by atoms with E-state index >= 15 is 0 Å². The molecule has 1 amide bonds. The van der Waals surface area contributed by atoms with Crippen LogP contribution in [0, 0.1) is 5.92 Å². The van der Waals surface area contributed by atoms with Gasteiger partial charge in [-0.15, -0.1) is 0 Å². The number of methoxy groups -OCH3 is 1. The first-order valence-electron chi connectivity index (χ1n) is 7.05. The van der Waals surface area contributed by atoms with Crippen molar-refractivity contribution < 1.29 is 14.3 Å². The Bertz CT molecular complexity index is 468. The summed E-state index contributed by atoms with van der Waals surface area (Å²) in [5.74, 6) is 0.0305. The van der Waals surface area contributed by atoms with Crippen molar-refractivity contribution in [2.75, 3.05) is 13.7 Å². The number of carbonyl (C=O) groups is 2. The van der Waals surface area contributed by atoms with Crippen LogP contribution in [0.2, 0.25) is 0 Å². The zero-order chi connectivity index (χ0) is 14.5. The fourth-order valence-electron chi connectivity index (χ4n) is 2.28. The molecule has 0 radical (unpaired) electrons. The van der Waals surface area contributed by atoms with Crippen LogP contribution < -0.4 is 0 Å². The predicted octanol–water partition coefficient (Wildman–Crippen LogP) is 2.55. The Kier molecular flexibility index (Phi) is 4.77. The second kappa shape index (κ2) is 6.55. The van der Waals surface area contributed by atoms with Crippen LogP contribution in [0.1, 0.15) is 37.8 Å². The van der Waals surface area contributed by atoms with Gasteiger partial charge in [0.2, 0.25) is 5.91 Å². The molecule has 1 aliphatic rings. The first-order valence-corrected chi connectivity index (χ1v) is 7.05. The topological polar surface area (TPSA) is 46.6 Å². The summed E-state index contributed by atoms with van der Waals surface area (Å²) in [4.78, 5) is 25.5. The molecule has 1 atom stereocenters. The minimum atomic E-state index is -0.279. The maximum Gasteiger partial charge on any atom is 0.307 e. The summed E-state index contributed by atoms with van der Waals surface area (Å²) in [7, 11) is 1.37. The Labute approximate surface area is 119 Å². The molecule has 0 aromatic heterocycles. The van der Waals surface area contributed by atoms with Crippen molar-refractivity contribution in [3.8, 4) is 0 Å². The molecule has 4 heteroatoms. The highest BCUT2D eigenvalue weighted by Crippen LogP contribution is 2.34. The molecule has 1 aliphatic carbocycles. The van der Waals surface area contributed by atoms with Crippen LogP contribution in [-0.2, 0) is 14.3 Å². The third kappa shape index (κ3) is 3.59. The first kappa shape index (κ1) is 14.6. The Hall–Kier alpha value is -1.84. The molecule has 0 heterocycles. The summed E-state index contributed by atoms with van der Waals surface area (Å²) in [5, 5.41) is 0. The largest absolute Gasteiger partial charge is 0.469 e. The van der Waals surface area contributed by atoms with Crippen molar-refractivity contribution in [1.82, 2.24) is 4.90 Å². The molecule has 4 nitrogen and oxygen atoms in total. The number of hydrogen-bond donors (Lipinski definition) is 0. The van der Waals surface area contributed by atoms with Crippen LogP contribution in [-0.4, -0.2) is 30.4 Å². The lowest BCUT2D eigenvalue weighted by Crippen LogP contribution is -2.36. The molecule has 2 rings (SSSR count). The van der Waals surface area contributed by atoms with Crippen molar-refractivity contribution in [2.45, 2.75) is 32.2 Å². The van der Waals surface area contributed by atoms with Crippen molar-refractivity contribution in [3.63, 3.8) is 0 Å². The Morgan fingerprint density at radius 1 is 1.30 bits per heavy atom. The molecule has 1 aromatic carbocycles. The fraction of sp³-hybridized carbons (Fsp3) is 0.500. The van der Waals surface area contributed by atoms with Crippen LogP contribution in [0.15, 0.2) is 30.3 Å². The molecule has 1 unspecified atom stereocenters. The normalized spacial score (nSPS) is 15.5. The Balaban J connectivity index is 2.08. The van der Waals surface area contributed by atoms with Crippen molar-refractivity contribution in [1.29, 1.82) is 0 Å². The number of rotatable bonds is 6. The summed E-state index contributed by atoms with van der Waals surface area (Å²) in [6.45, 7) is 2.42. The van der Waals surface area contributed by atoms with Crippen LogP contribution in [0.3, 0.4) is 0 Å². The van der Waals surface area contributed by atoms with Crippen molar-refractivity contribution in [3.05, 3.63) is 35.9 Å². The first-order chi connectivity index (χ1) is 9.63. The third-order valence-electron chi connectivity index (χ3n) is 3.74. The number of hydrogen-bond acceptors (Lipinski definition) is 3. The van der Waals surface area contributed by atoms with Gasteiger partial charge in [-0.3, -0.25) is 9.59 Å². The van der Waals surface area contributed by atoms with Gasteiger partial charge in [-0.1, -0.05) is 30.3 Å². The lowest BCUT2D eigenvalue weighted by atomic mass is 10.1. The molecule has 108 valence electrons. The average molecular weight is 275 g/mol. The van der Waals surface area contributed by atoms with E-state index in [9.17, 15) is 9.59 Å². The van der Waals surface area contributed by atoms with E-state index in [0.29, 0.717) is 6.54 Å². The zero-order valence-corrected chi connectivity index (χ0v) is 12.0. The van der Waals surface area contributed by atoms with E-state index in [1.165, 1.54) is 7.11 Å². The standard InChI is InChI=1S/C16H21NO3/c1-12(13-6-4-3-5-7-13)17(11-10-15(18)20-2)16(19)14-8-9-14/h3-7,12,14H,8-11H2,1-2H3. The predicted molar refractivity (Wildman–Crippen MR) is 75.9 cm³/mol. The van der Waals surface area contributed by atoms with Gasteiger partial charge in [-0.25, -0.2) is 0 Å². The highest BCUT2D eigenvalue weighted by atomic mass is 16.5. The van der Waals surface area contributed by atoms with E-state index in [-0.39, 0.29) is 30.3 Å². The molecule has 0 aliphatic heterocycles. The second-order valence-corrected chi connectivity index (χ2v) is 5.22. The molecule has 1 aromatic rings. The van der Waals surface area contributed by atoms with Crippen LogP contribution in [0.25, 0.3) is 0 Å². The SMILES string of the molecule is COC(=O)CCN(C(=O)C1CC1)C(C)c1ccccc1. The summed E-state index contributed by atoms with van der Waals surface area (Å²) >= 11 is 0. The molecule has 1 fully saturated rings. The number of benzene rings is 1. The summed E-state index contributed by atoms with van der Waals surface area (Å²) in [6.07, 6.45) is 2.18. The monoisotopic (exact) mass is 275 g/mol. The molecule has 0 saturated heterocycles. The molecule has 0 spiro atoms. The van der Waals surface area contributed by atoms with E-state index in [0.717, 1.165) is 18.4 Å². The van der Waals surface area contributed by atoms with Crippen LogP contribution in [0.4, 0.5) is 0 Å². The summed E-state index contributed by atoms with van der Waals surface area (Å²) in [5.41, 5.74) is 1.09. The quantitative estimate of drug-likeness (QED) is 0.750. The van der Waals surface area contributed by atoms with Gasteiger partial charge in [-0.2, -0.15) is 0 Å². The van der Waals surface area contributed by atoms with Gasteiger partial charge in [0.1, 0.15) is 0 Å². The smallest absolute Gasteiger partial charge is 0.307 e. The van der Waals surface area contributed by atoms with E-state index in [4.69, 9.17) is 0 Å². The lowest BCUT2D eigenvalue weighted by Gasteiger charge is -2.29. The number of esters is 1. The molecular formula is C16H21NO3. The highest BCUT2D eigenvalue weighted by Gasteiger charge is 2.35. The molecule has 0 bridgehead atoms. The van der Waals surface area contributed by atoms with Gasteiger partial charge < -0.3 is 9.64 Å². The van der Waals surface area contributed by atoms with E-state index < -0.39 is 0 Å². The molecule has 20 heavy (non-hydrogen) atoms. The fourth-order valence-corrected chi connectivity index (χ4v) is 2.28. The molecular weight excluding hydrogens is 254 g/mol. The average Bonchev–Trinajstić information content (AvgIpc) is 3.32. The number of amides is 1. The minimum Gasteiger partial charge on any atom is -0.469 e. The number of ether oxygens (including phenoxy) is 1. The van der Waals surface area contributed by atoms with Gasteiger partial charge in [0.25, 0.3) is 0 Å². The Morgan fingerprint density at radius 2 is 1.95 bits per heavy atom. The van der Waals surface area contributed by atoms with Gasteiger partial charge >= 0.3 is 5.97 Å². The Morgan fingerprint density at radius 3 is 2.50 bits per heavy atom. The van der Waals surface area contributed by atoms with Crippen LogP contribution >= 0.6 is 0 Å². The van der Waals surface area contributed by atoms with E-state index in [1.807, 2.05) is 42.2 Å². The van der Waals surface area contributed by atoms with Crippen molar-refractivity contribution in [2.24, 2.45) is 5.92 Å². The minimum absolute atomic E-state index is 0.0195. The number of carbonyl (C=O) groups excluding carboxylic acids is 2. The number of nitrogens with zero attached hydrogens (tertiary/aromatic N) is 1. The van der Waals surface area contributed by atoms with Gasteiger partial charge in [0, 0.05) is 12.5 Å². The van der Waals surface area contributed by atoms with Crippen LogP contribution in [0.5, 0.6) is 0 Å². The van der Waals surface area contributed by atoms with Gasteiger partial charge in [0.15, 0.2) is 0 Å². The highest BCUT2D eigenvalue weighted by molar-refractivity contribution is 5.82. The van der Waals surface area contributed by atoms with E-state index in [1.54, 1.807) is 0 Å². The van der Waals surface area contributed by atoms with Gasteiger partial charge in [0.05, 0.1) is 19.6 Å². The third-order valence-corrected chi connectivity index (χ3v) is 3.74. The molecule has 1 saturated carbocycles. The van der Waals surface area contributed by atoms with Crippen molar-refractivity contribution >= 4 is 11.9 Å². The zero-order valence-electron chi connectivity index (χ0n) is 12.0. The van der Waals surface area contributed by atoms with Gasteiger partial charge in [-0.05, 0) is 25.3 Å². The second-order valence-electron chi connectivity index (χ2n) is 5.22. The summed E-state index contributed by atoms with van der Waals surface area (Å²) < 4.78 is 4.67. The summed E-state index contributed by atoms with van der Waals surface area (Å²) in [6, 6.07) is 9.88. The lowest BCUT2D eigenvalue weighted by molar-refractivity contribution is -0.142. The molecule has 0 N–H and O–H groups in total. The maximum atomic E-state index is 12.4. The maximum absolute atomic E-state index is 12.4.